The van der Waals surface area contributed by atoms with E-state index in [4.69, 9.17) is 16.3 Å². The number of hydrogen-bond donors (Lipinski definition) is 2. The first-order chi connectivity index (χ1) is 8.11. The Hall–Kier alpha value is -1.82. The highest BCUT2D eigenvalue weighted by molar-refractivity contribution is 6.29. The van der Waals surface area contributed by atoms with Crippen molar-refractivity contribution in [1.82, 2.24) is 15.6 Å². The van der Waals surface area contributed by atoms with Crippen molar-refractivity contribution in [2.24, 2.45) is 0 Å². The number of amides is 2. The average molecular weight is 256 g/mol. The maximum absolute atomic E-state index is 11.4. The molecule has 0 unspecified atom stereocenters. The molecule has 0 spiro atoms. The van der Waals surface area contributed by atoms with Crippen LogP contribution < -0.4 is 10.6 Å². The summed E-state index contributed by atoms with van der Waals surface area (Å²) in [5, 5.41) is 5.19. The fraction of sp³-hybridized carbons (Fsp3) is 0.300. The molecule has 90 valence electrons. The zero-order valence-electron chi connectivity index (χ0n) is 9.04. The molecule has 0 saturated heterocycles. The molecular weight excluding hydrogens is 246 g/mol. The largest absolute Gasteiger partial charge is 0.443 e. The Bertz CT molecular complexity index is 490. The van der Waals surface area contributed by atoms with Crippen molar-refractivity contribution < 1.29 is 14.3 Å². The molecule has 0 aromatic carbocycles. The molecule has 0 fully saturated rings. The van der Waals surface area contributed by atoms with Crippen LogP contribution in [0.3, 0.4) is 0 Å². The Morgan fingerprint density at radius 1 is 1.71 bits per heavy atom. The highest BCUT2D eigenvalue weighted by Gasteiger charge is 2.24. The zero-order valence-corrected chi connectivity index (χ0v) is 9.80. The predicted molar refractivity (Wildman–Crippen MR) is 59.7 cm³/mol. The van der Waals surface area contributed by atoms with E-state index in [1.807, 2.05) is 0 Å². The number of alkyl carbamates (subject to hydrolysis) is 1. The molecule has 2 rings (SSSR count). The molecule has 1 aromatic rings. The van der Waals surface area contributed by atoms with Gasteiger partial charge in [0.05, 0.1) is 5.69 Å². The quantitative estimate of drug-likeness (QED) is 0.768. The zero-order chi connectivity index (χ0) is 12.4. The van der Waals surface area contributed by atoms with Gasteiger partial charge in [-0.3, -0.25) is 4.79 Å². The molecule has 0 saturated carbocycles. The van der Waals surface area contributed by atoms with E-state index in [2.05, 4.69) is 15.6 Å². The van der Waals surface area contributed by atoms with Gasteiger partial charge in [-0.15, -0.1) is 0 Å². The highest BCUT2D eigenvalue weighted by Crippen LogP contribution is 2.22. The number of aromatic nitrogens is 1. The van der Waals surface area contributed by atoms with Gasteiger partial charge < -0.3 is 15.4 Å². The third-order valence-electron chi connectivity index (χ3n) is 2.39. The second-order valence-corrected chi connectivity index (χ2v) is 3.81. The lowest BCUT2D eigenvalue weighted by Gasteiger charge is -2.07. The summed E-state index contributed by atoms with van der Waals surface area (Å²) in [6, 6.07) is 1.50. The van der Waals surface area contributed by atoms with E-state index in [1.165, 1.54) is 13.1 Å². The smallest absolute Gasteiger partial charge is 0.407 e. The molecule has 2 heterocycles. The first kappa shape index (κ1) is 11.7. The molecule has 1 aliphatic rings. The van der Waals surface area contributed by atoms with Gasteiger partial charge in [0.25, 0.3) is 5.91 Å². The summed E-state index contributed by atoms with van der Waals surface area (Å²) < 4.78 is 4.88. The number of ether oxygens (including phenoxy) is 1. The third-order valence-corrected chi connectivity index (χ3v) is 2.59. The molecular formula is C10H10ClN3O3. The topological polar surface area (TPSA) is 80.3 Å². The summed E-state index contributed by atoms with van der Waals surface area (Å²) >= 11 is 5.80. The van der Waals surface area contributed by atoms with Gasteiger partial charge in [-0.2, -0.15) is 0 Å². The number of nitrogens with zero attached hydrogens (tertiary/aromatic N) is 1. The van der Waals surface area contributed by atoms with Crippen molar-refractivity contribution in [2.45, 2.75) is 13.2 Å². The summed E-state index contributed by atoms with van der Waals surface area (Å²) in [6.07, 6.45) is -0.558. The van der Waals surface area contributed by atoms with Gasteiger partial charge in [0.1, 0.15) is 11.8 Å². The van der Waals surface area contributed by atoms with Crippen LogP contribution in [0, 0.1) is 0 Å². The van der Waals surface area contributed by atoms with Crippen molar-refractivity contribution in [3.8, 4) is 0 Å². The van der Waals surface area contributed by atoms with Gasteiger partial charge in [-0.05, 0) is 6.07 Å². The number of hydrogen-bond acceptors (Lipinski definition) is 4. The number of rotatable bonds is 2. The summed E-state index contributed by atoms with van der Waals surface area (Å²) in [4.78, 5) is 26.5. The number of halogens is 1. The standard InChI is InChI=1S/C10H10ClN3O3/c1-12-10(16)17-4-7-6-3-13-9(15)5(6)2-8(11)14-7/h2H,3-4H2,1H3,(H,12,16)(H,13,15). The van der Waals surface area contributed by atoms with Crippen molar-refractivity contribution in [3.63, 3.8) is 0 Å². The number of pyridine rings is 1. The number of nitrogens with one attached hydrogen (secondary N) is 2. The first-order valence-electron chi connectivity index (χ1n) is 4.93. The van der Waals surface area contributed by atoms with Crippen molar-refractivity contribution in [2.75, 3.05) is 7.05 Å². The Kier molecular flexibility index (Phi) is 3.14. The maximum atomic E-state index is 11.4. The maximum Gasteiger partial charge on any atom is 0.407 e. The molecule has 0 bridgehead atoms. The van der Waals surface area contributed by atoms with Gasteiger partial charge in [0.2, 0.25) is 0 Å². The lowest BCUT2D eigenvalue weighted by atomic mass is 10.1. The Morgan fingerprint density at radius 2 is 2.47 bits per heavy atom. The molecule has 2 amide bonds. The Balaban J connectivity index is 2.26. The van der Waals surface area contributed by atoms with E-state index in [1.54, 1.807) is 0 Å². The van der Waals surface area contributed by atoms with Gasteiger partial charge >= 0.3 is 6.09 Å². The molecule has 1 aromatic heterocycles. The lowest BCUT2D eigenvalue weighted by Crippen LogP contribution is -2.19. The van der Waals surface area contributed by atoms with Crippen LogP contribution in [0.4, 0.5) is 4.79 Å². The normalized spacial score (nSPS) is 12.9. The molecule has 6 nitrogen and oxygen atoms in total. The monoisotopic (exact) mass is 255 g/mol. The Labute approximate surface area is 102 Å². The van der Waals surface area contributed by atoms with Gasteiger partial charge in [-0.25, -0.2) is 9.78 Å². The Morgan fingerprint density at radius 3 is 3.18 bits per heavy atom. The predicted octanol–water partition coefficient (Wildman–Crippen LogP) is 0.834. The molecule has 0 radical (unpaired) electrons. The molecule has 17 heavy (non-hydrogen) atoms. The van der Waals surface area contributed by atoms with Crippen LogP contribution in [-0.4, -0.2) is 24.0 Å². The van der Waals surface area contributed by atoms with Crippen molar-refractivity contribution >= 4 is 23.6 Å². The minimum Gasteiger partial charge on any atom is -0.443 e. The second kappa shape index (κ2) is 4.58. The van der Waals surface area contributed by atoms with E-state index < -0.39 is 6.09 Å². The summed E-state index contributed by atoms with van der Waals surface area (Å²) in [5.41, 5.74) is 1.71. The summed E-state index contributed by atoms with van der Waals surface area (Å²) in [7, 11) is 1.46. The summed E-state index contributed by atoms with van der Waals surface area (Å²) in [5.74, 6) is -0.189. The lowest BCUT2D eigenvalue weighted by molar-refractivity contribution is 0.0965. The van der Waals surface area contributed by atoms with E-state index >= 15 is 0 Å². The van der Waals surface area contributed by atoms with Crippen molar-refractivity contribution in [1.29, 1.82) is 0 Å². The minimum atomic E-state index is -0.558. The number of carbonyl (C=O) groups excluding carboxylic acids is 2. The fourth-order valence-corrected chi connectivity index (χ4v) is 1.79. The van der Waals surface area contributed by atoms with Gasteiger partial charge in [-0.1, -0.05) is 11.6 Å². The van der Waals surface area contributed by atoms with Crippen LogP contribution in [0.15, 0.2) is 6.07 Å². The summed E-state index contributed by atoms with van der Waals surface area (Å²) in [6.45, 7) is 0.363. The molecule has 1 aliphatic heterocycles. The SMILES string of the molecule is CNC(=O)OCc1nc(Cl)cc2c1CNC2=O. The van der Waals surface area contributed by atoms with Crippen LogP contribution in [0.2, 0.25) is 5.15 Å². The third kappa shape index (κ3) is 2.31. The fourth-order valence-electron chi connectivity index (χ4n) is 1.58. The number of carbonyl (C=O) groups is 2. The highest BCUT2D eigenvalue weighted by atomic mass is 35.5. The number of fused-ring (bicyclic) bond motifs is 1. The van der Waals surface area contributed by atoms with Gasteiger partial charge in [0.15, 0.2) is 0 Å². The molecule has 2 N–H and O–H groups in total. The second-order valence-electron chi connectivity index (χ2n) is 3.43. The van der Waals surface area contributed by atoms with E-state index in [-0.39, 0.29) is 17.7 Å². The van der Waals surface area contributed by atoms with Crippen LogP contribution >= 0.6 is 11.6 Å². The van der Waals surface area contributed by atoms with E-state index in [0.717, 1.165) is 5.56 Å². The van der Waals surface area contributed by atoms with Crippen LogP contribution in [0.1, 0.15) is 21.6 Å². The van der Waals surface area contributed by atoms with E-state index in [9.17, 15) is 9.59 Å². The van der Waals surface area contributed by atoms with E-state index in [0.29, 0.717) is 17.8 Å². The van der Waals surface area contributed by atoms with Crippen LogP contribution in [0.25, 0.3) is 0 Å². The average Bonchev–Trinajstić information content (AvgIpc) is 2.68. The van der Waals surface area contributed by atoms with Crippen molar-refractivity contribution in [3.05, 3.63) is 28.0 Å². The molecule has 7 heteroatoms. The van der Waals surface area contributed by atoms with Crippen LogP contribution in [-0.2, 0) is 17.9 Å². The molecule has 0 atom stereocenters. The first-order valence-corrected chi connectivity index (χ1v) is 5.30. The van der Waals surface area contributed by atoms with Gasteiger partial charge in [0, 0.05) is 24.7 Å². The molecule has 0 aliphatic carbocycles. The minimum absolute atomic E-state index is 0.0163. The van der Waals surface area contributed by atoms with Crippen LogP contribution in [0.5, 0.6) is 0 Å².